The van der Waals surface area contributed by atoms with Crippen molar-refractivity contribution in [2.45, 2.75) is 26.2 Å². The lowest BCUT2D eigenvalue weighted by Gasteiger charge is -2.19. The van der Waals surface area contributed by atoms with E-state index < -0.39 is 0 Å². The first-order valence-corrected chi connectivity index (χ1v) is 6.22. The van der Waals surface area contributed by atoms with E-state index in [0.29, 0.717) is 26.1 Å². The van der Waals surface area contributed by atoms with Gasteiger partial charge in [0.1, 0.15) is 0 Å². The van der Waals surface area contributed by atoms with Crippen molar-refractivity contribution in [1.29, 1.82) is 0 Å². The summed E-state index contributed by atoms with van der Waals surface area (Å²) in [6.45, 7) is 3.25. The second-order valence-electron chi connectivity index (χ2n) is 4.34. The Balaban J connectivity index is 2.27. The van der Waals surface area contributed by atoms with E-state index in [4.69, 9.17) is 4.74 Å². The smallest absolute Gasteiger partial charge is 0.307 e. The molecule has 0 spiro atoms. The van der Waals surface area contributed by atoms with Gasteiger partial charge in [-0.3, -0.25) is 24.2 Å². The Kier molecular flexibility index (Phi) is 5.77. The second-order valence-corrected chi connectivity index (χ2v) is 4.34. The largest absolute Gasteiger partial charge is 0.466 e. The number of carbonyl (C=O) groups is 3. The van der Waals surface area contributed by atoms with E-state index in [9.17, 15) is 14.4 Å². The number of ether oxygens (including phenoxy) is 1. The molecule has 6 heteroatoms. The lowest BCUT2D eigenvalue weighted by atomic mass is 10.3. The molecule has 1 fully saturated rings. The average molecular weight is 256 g/mol. The third-order valence-electron chi connectivity index (χ3n) is 2.78. The summed E-state index contributed by atoms with van der Waals surface area (Å²) >= 11 is 0. The molecule has 0 aromatic carbocycles. The molecule has 1 aliphatic rings. The summed E-state index contributed by atoms with van der Waals surface area (Å²) in [5.74, 6) is -0.559. The number of hydrogen-bond donors (Lipinski definition) is 0. The van der Waals surface area contributed by atoms with E-state index in [1.54, 1.807) is 18.9 Å². The van der Waals surface area contributed by atoms with Gasteiger partial charge in [0.25, 0.3) is 0 Å². The van der Waals surface area contributed by atoms with E-state index in [1.165, 1.54) is 4.90 Å². The van der Waals surface area contributed by atoms with Gasteiger partial charge in [0.2, 0.25) is 11.8 Å². The average Bonchev–Trinajstić information content (AvgIpc) is 2.73. The number of hydrogen-bond acceptors (Lipinski definition) is 5. The lowest BCUT2D eigenvalue weighted by Crippen LogP contribution is -2.40. The van der Waals surface area contributed by atoms with Gasteiger partial charge in [-0.15, -0.1) is 0 Å². The fourth-order valence-corrected chi connectivity index (χ4v) is 1.82. The minimum absolute atomic E-state index is 0.0983. The van der Waals surface area contributed by atoms with Crippen LogP contribution < -0.4 is 0 Å². The van der Waals surface area contributed by atoms with Gasteiger partial charge in [-0.2, -0.15) is 0 Å². The highest BCUT2D eigenvalue weighted by Gasteiger charge is 2.26. The van der Waals surface area contributed by atoms with Gasteiger partial charge in [0, 0.05) is 19.5 Å². The second kappa shape index (κ2) is 7.10. The minimum atomic E-state index is -0.269. The summed E-state index contributed by atoms with van der Waals surface area (Å²) in [6.07, 6.45) is 1.46. The molecule has 1 heterocycles. The fourth-order valence-electron chi connectivity index (χ4n) is 1.82. The monoisotopic (exact) mass is 256 g/mol. The first-order valence-electron chi connectivity index (χ1n) is 6.22. The first kappa shape index (κ1) is 14.6. The van der Waals surface area contributed by atoms with Gasteiger partial charge in [0.05, 0.1) is 19.6 Å². The van der Waals surface area contributed by atoms with Crippen molar-refractivity contribution in [3.8, 4) is 0 Å². The summed E-state index contributed by atoms with van der Waals surface area (Å²) in [5, 5.41) is 0. The maximum absolute atomic E-state index is 11.8. The van der Waals surface area contributed by atoms with Crippen LogP contribution in [0.4, 0.5) is 0 Å². The molecule has 0 atom stereocenters. The van der Waals surface area contributed by atoms with Crippen molar-refractivity contribution >= 4 is 17.8 Å². The van der Waals surface area contributed by atoms with Gasteiger partial charge in [-0.05, 0) is 20.4 Å². The Bertz CT molecular complexity index is 330. The lowest BCUT2D eigenvalue weighted by molar-refractivity contribution is -0.145. The van der Waals surface area contributed by atoms with Gasteiger partial charge >= 0.3 is 5.97 Å². The molecule has 1 saturated heterocycles. The first-order chi connectivity index (χ1) is 8.54. The van der Waals surface area contributed by atoms with Crippen molar-refractivity contribution < 1.29 is 19.1 Å². The number of imide groups is 1. The van der Waals surface area contributed by atoms with Crippen LogP contribution >= 0.6 is 0 Å². The van der Waals surface area contributed by atoms with Crippen molar-refractivity contribution in [2.24, 2.45) is 0 Å². The molecular weight excluding hydrogens is 236 g/mol. The number of esters is 1. The normalized spacial score (nSPS) is 15.3. The van der Waals surface area contributed by atoms with E-state index in [0.717, 1.165) is 6.42 Å². The fraction of sp³-hybridized carbons (Fsp3) is 0.750. The van der Waals surface area contributed by atoms with Gasteiger partial charge < -0.3 is 4.74 Å². The van der Waals surface area contributed by atoms with Crippen LogP contribution in [0.25, 0.3) is 0 Å². The molecule has 1 rings (SSSR count). The Labute approximate surface area is 107 Å². The van der Waals surface area contributed by atoms with E-state index in [-0.39, 0.29) is 30.7 Å². The standard InChI is InChI=1S/C12H20N2O4/c1-3-18-12(17)6-8-13(2)9-11(16)14-7-4-5-10(14)15/h3-9H2,1-2H3. The quantitative estimate of drug-likeness (QED) is 0.627. The highest BCUT2D eigenvalue weighted by atomic mass is 16.5. The van der Waals surface area contributed by atoms with Gasteiger partial charge in [-0.25, -0.2) is 0 Å². The molecule has 102 valence electrons. The zero-order chi connectivity index (χ0) is 13.5. The molecule has 0 saturated carbocycles. The third kappa shape index (κ3) is 4.44. The highest BCUT2D eigenvalue weighted by Crippen LogP contribution is 2.09. The van der Waals surface area contributed by atoms with Crippen molar-refractivity contribution in [2.75, 3.05) is 33.3 Å². The molecule has 0 aliphatic carbocycles. The number of likely N-dealkylation sites (tertiary alicyclic amines) is 1. The number of rotatable bonds is 6. The number of likely N-dealkylation sites (N-methyl/N-ethyl adjacent to an activating group) is 1. The SMILES string of the molecule is CCOC(=O)CCN(C)CC(=O)N1CCCC1=O. The maximum Gasteiger partial charge on any atom is 0.307 e. The molecular formula is C12H20N2O4. The van der Waals surface area contributed by atoms with Crippen LogP contribution in [0.15, 0.2) is 0 Å². The predicted octanol–water partition coefficient (Wildman–Crippen LogP) is 0.0204. The van der Waals surface area contributed by atoms with Crippen LogP contribution in [0.3, 0.4) is 0 Å². The summed E-state index contributed by atoms with van der Waals surface area (Å²) < 4.78 is 4.80. The van der Waals surface area contributed by atoms with Crippen molar-refractivity contribution in [3.63, 3.8) is 0 Å². The Hall–Kier alpha value is -1.43. The molecule has 6 nitrogen and oxygen atoms in total. The Morgan fingerprint density at radius 3 is 2.72 bits per heavy atom. The molecule has 1 aliphatic heterocycles. The number of carbonyl (C=O) groups excluding carboxylic acids is 3. The van der Waals surface area contributed by atoms with Crippen molar-refractivity contribution in [3.05, 3.63) is 0 Å². The van der Waals surface area contributed by atoms with Crippen molar-refractivity contribution in [1.82, 2.24) is 9.80 Å². The van der Waals surface area contributed by atoms with Gasteiger partial charge in [0.15, 0.2) is 0 Å². The minimum Gasteiger partial charge on any atom is -0.466 e. The van der Waals surface area contributed by atoms with Crippen LogP contribution in [0.2, 0.25) is 0 Å². The van der Waals surface area contributed by atoms with E-state index in [2.05, 4.69) is 0 Å². The zero-order valence-electron chi connectivity index (χ0n) is 11.0. The number of amides is 2. The number of nitrogens with zero attached hydrogens (tertiary/aromatic N) is 2. The van der Waals surface area contributed by atoms with Crippen LogP contribution in [-0.2, 0) is 19.1 Å². The molecule has 18 heavy (non-hydrogen) atoms. The molecule has 0 N–H and O–H groups in total. The summed E-state index contributed by atoms with van der Waals surface area (Å²) in [6, 6.07) is 0. The topological polar surface area (TPSA) is 66.9 Å². The molecule has 2 amide bonds. The molecule has 0 bridgehead atoms. The predicted molar refractivity (Wildman–Crippen MR) is 64.7 cm³/mol. The molecule has 0 aromatic rings. The van der Waals surface area contributed by atoms with Gasteiger partial charge in [-0.1, -0.05) is 0 Å². The Morgan fingerprint density at radius 2 is 2.17 bits per heavy atom. The van der Waals surface area contributed by atoms with Crippen LogP contribution in [0.1, 0.15) is 26.2 Å². The van der Waals surface area contributed by atoms with Crippen LogP contribution in [-0.4, -0.2) is 60.9 Å². The zero-order valence-corrected chi connectivity index (χ0v) is 11.0. The summed E-state index contributed by atoms with van der Waals surface area (Å²) in [7, 11) is 1.75. The maximum atomic E-state index is 11.8. The van der Waals surface area contributed by atoms with Crippen LogP contribution in [0.5, 0.6) is 0 Å². The van der Waals surface area contributed by atoms with E-state index >= 15 is 0 Å². The Morgan fingerprint density at radius 1 is 1.44 bits per heavy atom. The highest BCUT2D eigenvalue weighted by molar-refractivity contribution is 5.97. The molecule has 0 radical (unpaired) electrons. The van der Waals surface area contributed by atoms with E-state index in [1.807, 2.05) is 0 Å². The summed E-state index contributed by atoms with van der Waals surface area (Å²) in [4.78, 5) is 37.3. The summed E-state index contributed by atoms with van der Waals surface area (Å²) in [5.41, 5.74) is 0. The van der Waals surface area contributed by atoms with Crippen LogP contribution in [0, 0.1) is 0 Å². The molecule has 0 unspecified atom stereocenters. The molecule has 0 aromatic heterocycles. The third-order valence-corrected chi connectivity index (χ3v) is 2.78.